The maximum Gasteiger partial charge on any atom is 0.252 e. The first-order valence-corrected chi connectivity index (χ1v) is 3.05. The zero-order chi connectivity index (χ0) is 7.72. The number of β-lactam (4-membered cyclic amide) rings is 1. The average Bonchev–Trinajstić information content (AvgIpc) is 1.97. The minimum absolute atomic E-state index is 0.125. The third-order valence-electron chi connectivity index (χ3n) is 1.73. The number of hydroxylamine groups is 2. The lowest BCUT2D eigenvalue weighted by Gasteiger charge is -2.39. The van der Waals surface area contributed by atoms with E-state index in [1.165, 1.54) is 7.11 Å². The van der Waals surface area contributed by atoms with Gasteiger partial charge in [0.25, 0.3) is 5.91 Å². The van der Waals surface area contributed by atoms with E-state index in [9.17, 15) is 9.59 Å². The van der Waals surface area contributed by atoms with Crippen LogP contribution in [0.3, 0.4) is 0 Å². The van der Waals surface area contributed by atoms with Crippen LogP contribution in [0.4, 0.5) is 0 Å². The molecule has 4 heteroatoms. The fourth-order valence-corrected chi connectivity index (χ4v) is 0.999. The molecule has 1 amide bonds. The predicted octanol–water partition coefficient (Wildman–Crippen LogP) is -0.406. The Kier molecular flexibility index (Phi) is 1.72. The molecule has 0 N–H and O–H groups in total. The molecule has 4 nitrogen and oxygen atoms in total. The van der Waals surface area contributed by atoms with Crippen molar-refractivity contribution in [3.63, 3.8) is 0 Å². The standard InChI is InChI=1S/C6H9NO3/c1-4-5(3-8)7(10-2)6(4)9/h3-5H,1-2H3. The Hall–Kier alpha value is -0.900. The SMILES string of the molecule is CON1C(=O)C(C)C1C=O. The molecule has 0 aromatic carbocycles. The van der Waals surface area contributed by atoms with Crippen molar-refractivity contribution in [2.75, 3.05) is 7.11 Å². The van der Waals surface area contributed by atoms with Crippen molar-refractivity contribution in [3.8, 4) is 0 Å². The van der Waals surface area contributed by atoms with E-state index in [0.717, 1.165) is 11.3 Å². The van der Waals surface area contributed by atoms with Gasteiger partial charge < -0.3 is 4.79 Å². The second-order valence-corrected chi connectivity index (χ2v) is 2.26. The summed E-state index contributed by atoms with van der Waals surface area (Å²) in [6, 6.07) is -0.377. The molecule has 1 aliphatic heterocycles. The molecule has 1 aliphatic rings. The molecule has 0 radical (unpaired) electrons. The summed E-state index contributed by atoms with van der Waals surface area (Å²) in [5.41, 5.74) is 0. The van der Waals surface area contributed by atoms with Crippen molar-refractivity contribution in [1.82, 2.24) is 5.06 Å². The van der Waals surface area contributed by atoms with Gasteiger partial charge in [-0.2, -0.15) is 0 Å². The third-order valence-corrected chi connectivity index (χ3v) is 1.73. The highest BCUT2D eigenvalue weighted by atomic mass is 16.7. The molecule has 0 aromatic rings. The Morgan fingerprint density at radius 3 is 2.60 bits per heavy atom. The van der Waals surface area contributed by atoms with Crippen molar-refractivity contribution in [3.05, 3.63) is 0 Å². The topological polar surface area (TPSA) is 46.6 Å². The van der Waals surface area contributed by atoms with E-state index in [0.29, 0.717) is 0 Å². The second-order valence-electron chi connectivity index (χ2n) is 2.26. The van der Waals surface area contributed by atoms with Gasteiger partial charge in [0.05, 0.1) is 13.0 Å². The molecular weight excluding hydrogens is 134 g/mol. The molecule has 0 aliphatic carbocycles. The predicted molar refractivity (Wildman–Crippen MR) is 32.9 cm³/mol. The minimum Gasteiger partial charge on any atom is -0.301 e. The molecule has 2 unspecified atom stereocenters. The van der Waals surface area contributed by atoms with Gasteiger partial charge in [0, 0.05) is 0 Å². The molecule has 2 atom stereocenters. The highest BCUT2D eigenvalue weighted by molar-refractivity contribution is 5.91. The second kappa shape index (κ2) is 2.38. The molecule has 0 aromatic heterocycles. The van der Waals surface area contributed by atoms with Crippen LogP contribution in [-0.2, 0) is 14.4 Å². The Labute approximate surface area is 58.7 Å². The summed E-state index contributed by atoms with van der Waals surface area (Å²) in [5.74, 6) is -0.336. The smallest absolute Gasteiger partial charge is 0.252 e. The van der Waals surface area contributed by atoms with E-state index < -0.39 is 0 Å². The van der Waals surface area contributed by atoms with Gasteiger partial charge in [-0.3, -0.25) is 9.63 Å². The van der Waals surface area contributed by atoms with Crippen molar-refractivity contribution in [1.29, 1.82) is 0 Å². The molecule has 1 heterocycles. The van der Waals surface area contributed by atoms with Gasteiger partial charge in [0.15, 0.2) is 0 Å². The summed E-state index contributed by atoms with van der Waals surface area (Å²) in [4.78, 5) is 25.7. The summed E-state index contributed by atoms with van der Waals surface area (Å²) >= 11 is 0. The molecule has 0 spiro atoms. The average molecular weight is 143 g/mol. The van der Waals surface area contributed by atoms with Gasteiger partial charge in [-0.15, -0.1) is 0 Å². The Morgan fingerprint density at radius 1 is 1.70 bits per heavy atom. The van der Waals surface area contributed by atoms with Gasteiger partial charge in [-0.05, 0) is 0 Å². The van der Waals surface area contributed by atoms with Crippen LogP contribution < -0.4 is 0 Å². The van der Waals surface area contributed by atoms with E-state index in [-0.39, 0.29) is 17.9 Å². The summed E-state index contributed by atoms with van der Waals surface area (Å²) in [6.07, 6.45) is 0.718. The lowest BCUT2D eigenvalue weighted by Crippen LogP contribution is -2.59. The van der Waals surface area contributed by atoms with Crippen LogP contribution in [0.15, 0.2) is 0 Å². The van der Waals surface area contributed by atoms with E-state index >= 15 is 0 Å². The molecular formula is C6H9NO3. The zero-order valence-corrected chi connectivity index (χ0v) is 5.90. The van der Waals surface area contributed by atoms with Crippen LogP contribution in [-0.4, -0.2) is 30.4 Å². The zero-order valence-electron chi connectivity index (χ0n) is 5.90. The van der Waals surface area contributed by atoms with E-state index in [1.54, 1.807) is 6.92 Å². The number of aldehydes is 1. The lowest BCUT2D eigenvalue weighted by molar-refractivity contribution is -0.224. The third kappa shape index (κ3) is 0.724. The molecule has 1 fully saturated rings. The van der Waals surface area contributed by atoms with Crippen molar-refractivity contribution < 1.29 is 14.4 Å². The largest absolute Gasteiger partial charge is 0.301 e. The number of rotatable bonds is 2. The van der Waals surface area contributed by atoms with Crippen LogP contribution in [0.25, 0.3) is 0 Å². The number of carbonyl (C=O) groups excluding carboxylic acids is 2. The fraction of sp³-hybridized carbons (Fsp3) is 0.667. The summed E-state index contributed by atoms with van der Waals surface area (Å²) in [6.45, 7) is 1.71. The Morgan fingerprint density at radius 2 is 2.30 bits per heavy atom. The van der Waals surface area contributed by atoms with Crippen molar-refractivity contribution in [2.45, 2.75) is 13.0 Å². The number of nitrogens with zero attached hydrogens (tertiary/aromatic N) is 1. The molecule has 1 rings (SSSR count). The van der Waals surface area contributed by atoms with Crippen LogP contribution in [0, 0.1) is 5.92 Å². The molecule has 0 saturated carbocycles. The first kappa shape index (κ1) is 7.21. The Bertz CT molecular complexity index is 168. The highest BCUT2D eigenvalue weighted by Gasteiger charge is 2.44. The molecule has 1 saturated heterocycles. The maximum atomic E-state index is 10.8. The van der Waals surface area contributed by atoms with Gasteiger partial charge in [0.1, 0.15) is 12.3 Å². The van der Waals surface area contributed by atoms with Crippen molar-refractivity contribution >= 4 is 12.2 Å². The first-order valence-electron chi connectivity index (χ1n) is 3.05. The lowest BCUT2D eigenvalue weighted by atomic mass is 9.93. The normalized spacial score (nSPS) is 31.8. The monoisotopic (exact) mass is 143 g/mol. The number of hydrogen-bond acceptors (Lipinski definition) is 3. The van der Waals surface area contributed by atoms with Gasteiger partial charge in [-0.25, -0.2) is 5.06 Å². The highest BCUT2D eigenvalue weighted by Crippen LogP contribution is 2.23. The summed E-state index contributed by atoms with van der Waals surface area (Å²) in [7, 11) is 1.38. The van der Waals surface area contributed by atoms with E-state index in [2.05, 4.69) is 4.84 Å². The summed E-state index contributed by atoms with van der Waals surface area (Å²) < 4.78 is 0. The molecule has 56 valence electrons. The first-order chi connectivity index (χ1) is 4.72. The fourth-order valence-electron chi connectivity index (χ4n) is 0.999. The van der Waals surface area contributed by atoms with E-state index in [1.807, 2.05) is 0 Å². The van der Waals surface area contributed by atoms with E-state index in [4.69, 9.17) is 0 Å². The number of amides is 1. The maximum absolute atomic E-state index is 10.8. The molecule has 10 heavy (non-hydrogen) atoms. The van der Waals surface area contributed by atoms with Gasteiger partial charge >= 0.3 is 0 Å². The van der Waals surface area contributed by atoms with Crippen molar-refractivity contribution in [2.24, 2.45) is 5.92 Å². The number of hydrogen-bond donors (Lipinski definition) is 0. The quantitative estimate of drug-likeness (QED) is 0.390. The van der Waals surface area contributed by atoms with Crippen LogP contribution >= 0.6 is 0 Å². The Balaban J connectivity index is 2.60. The number of carbonyl (C=O) groups is 2. The van der Waals surface area contributed by atoms with Crippen LogP contribution in [0.1, 0.15) is 6.92 Å². The van der Waals surface area contributed by atoms with Crippen LogP contribution in [0.2, 0.25) is 0 Å². The minimum atomic E-state index is -0.377. The summed E-state index contributed by atoms with van der Waals surface area (Å²) in [5, 5.41) is 1.08. The van der Waals surface area contributed by atoms with Crippen LogP contribution in [0.5, 0.6) is 0 Å². The molecule has 0 bridgehead atoms. The van der Waals surface area contributed by atoms with Gasteiger partial charge in [-0.1, -0.05) is 6.92 Å². The van der Waals surface area contributed by atoms with Gasteiger partial charge in [0.2, 0.25) is 0 Å².